The molecule has 4 atom stereocenters. The quantitative estimate of drug-likeness (QED) is 0.0192. The molecule has 0 radical (unpaired) electrons. The molecule has 0 aromatic rings. The number of hydrogen-bond donors (Lipinski definition) is 6. The predicted molar refractivity (Wildman–Crippen MR) is 292 cm³/mol. The maximum Gasteiger partial charge on any atom is 0.446 e. The minimum atomic E-state index is -3.81. The lowest BCUT2D eigenvalue weighted by atomic mass is 9.97. The summed E-state index contributed by atoms with van der Waals surface area (Å²) in [5.41, 5.74) is 0. The van der Waals surface area contributed by atoms with Crippen LogP contribution in [0.3, 0.4) is 0 Å². The lowest BCUT2D eigenvalue weighted by molar-refractivity contribution is -0.465. The molecule has 0 aliphatic rings. The highest BCUT2D eigenvalue weighted by molar-refractivity contribution is 5.73. The maximum absolute atomic E-state index is 13.4. The van der Waals surface area contributed by atoms with Crippen LogP contribution in [0.1, 0.15) is 329 Å². The summed E-state index contributed by atoms with van der Waals surface area (Å²) in [5, 5.41) is 65.8. The van der Waals surface area contributed by atoms with E-state index in [-0.39, 0.29) is 19.3 Å². The minimum absolute atomic E-state index is 0.252. The topological polar surface area (TPSA) is 200 Å². The van der Waals surface area contributed by atoms with Gasteiger partial charge in [-0.3, -0.25) is 14.4 Å². The lowest BCUT2D eigenvalue weighted by Crippen LogP contribution is -2.70. The number of ether oxygens (including phenoxy) is 3. The third-order valence-electron chi connectivity index (χ3n) is 14.5. The first-order valence-electron chi connectivity index (χ1n) is 30.7. The molecule has 6 N–H and O–H groups in total. The van der Waals surface area contributed by atoms with E-state index in [2.05, 4.69) is 20.8 Å². The average molecular weight is 1030 g/mol. The summed E-state index contributed by atoms with van der Waals surface area (Å²) in [6, 6.07) is 0. The number of carbonyl (C=O) groups excluding carboxylic acids is 3. The Morgan fingerprint density at radius 1 is 0.333 bits per heavy atom. The van der Waals surface area contributed by atoms with Crippen LogP contribution in [0.25, 0.3) is 0 Å². The fourth-order valence-corrected chi connectivity index (χ4v) is 9.59. The first kappa shape index (κ1) is 70.2. The van der Waals surface area contributed by atoms with Gasteiger partial charge in [0.1, 0.15) is 12.2 Å². The zero-order chi connectivity index (χ0) is 53.2. The molecule has 0 saturated heterocycles. The van der Waals surface area contributed by atoms with Crippen molar-refractivity contribution in [2.24, 2.45) is 0 Å². The number of aliphatic hydroxyl groups is 6. The van der Waals surface area contributed by atoms with Gasteiger partial charge in [0.05, 0.1) is 6.61 Å². The van der Waals surface area contributed by atoms with Gasteiger partial charge in [-0.2, -0.15) is 0 Å². The van der Waals surface area contributed by atoms with E-state index in [9.17, 15) is 45.0 Å². The van der Waals surface area contributed by atoms with Crippen LogP contribution in [0.2, 0.25) is 0 Å². The van der Waals surface area contributed by atoms with Gasteiger partial charge in [0.25, 0.3) is 0 Å². The first-order valence-corrected chi connectivity index (χ1v) is 30.7. The van der Waals surface area contributed by atoms with Crippen molar-refractivity contribution < 1.29 is 59.2 Å². The molecule has 0 spiro atoms. The number of hydrogen-bond acceptors (Lipinski definition) is 12. The van der Waals surface area contributed by atoms with Gasteiger partial charge >= 0.3 is 29.7 Å². The summed E-state index contributed by atoms with van der Waals surface area (Å²) in [5.74, 6) is -10.9. The van der Waals surface area contributed by atoms with Crippen LogP contribution in [0.15, 0.2) is 0 Å². The molecule has 0 amide bonds. The Kier molecular flexibility index (Phi) is 48.7. The molecular weight excluding hydrogens is 913 g/mol. The van der Waals surface area contributed by atoms with Gasteiger partial charge < -0.3 is 44.8 Å². The second kappa shape index (κ2) is 50.0. The summed E-state index contributed by atoms with van der Waals surface area (Å²) in [6.07, 6.45) is 42.1. The fraction of sp³-hybridized carbons (Fsp3) is 0.950. The zero-order valence-corrected chi connectivity index (χ0v) is 47.0. The van der Waals surface area contributed by atoms with Gasteiger partial charge in [-0.25, -0.2) is 0 Å². The predicted octanol–water partition coefficient (Wildman–Crippen LogP) is 14.8. The molecule has 0 aromatic carbocycles. The summed E-state index contributed by atoms with van der Waals surface area (Å²) < 4.78 is 15.8. The van der Waals surface area contributed by atoms with E-state index < -0.39 is 54.6 Å². The summed E-state index contributed by atoms with van der Waals surface area (Å²) in [4.78, 5) is 40.1. The van der Waals surface area contributed by atoms with Gasteiger partial charge in [-0.05, 0) is 19.3 Å². The van der Waals surface area contributed by atoms with Gasteiger partial charge in [-0.15, -0.1) is 0 Å². The van der Waals surface area contributed by atoms with E-state index in [0.29, 0.717) is 38.5 Å². The molecule has 0 bridgehead atoms. The Bertz CT molecular complexity index is 1170. The van der Waals surface area contributed by atoms with Crippen molar-refractivity contribution >= 4 is 17.9 Å². The van der Waals surface area contributed by atoms with Crippen LogP contribution in [0.4, 0.5) is 0 Å². The highest BCUT2D eigenvalue weighted by Crippen LogP contribution is 2.35. The second-order valence-corrected chi connectivity index (χ2v) is 21.5. The SMILES string of the molecule is CCCCCCCCCCCCCCCCCC(=O)OC(O)(OC(=O)CCCCCCCCCCCCCCCCC)[C@](O)(OC(=O)CCCCCCCCCCCCCCCCC)[C@H](O)[C@H](O)[C@H](O)CO. The monoisotopic (exact) mass is 1030 g/mol. The van der Waals surface area contributed by atoms with E-state index >= 15 is 0 Å². The van der Waals surface area contributed by atoms with Crippen LogP contribution >= 0.6 is 0 Å². The number of unbranched alkanes of at least 4 members (excludes halogenated alkanes) is 42. The molecule has 0 rings (SSSR count). The van der Waals surface area contributed by atoms with Crippen molar-refractivity contribution in [2.45, 2.75) is 359 Å². The van der Waals surface area contributed by atoms with Crippen molar-refractivity contribution in [2.75, 3.05) is 6.61 Å². The van der Waals surface area contributed by atoms with Crippen molar-refractivity contribution in [3.05, 3.63) is 0 Å². The van der Waals surface area contributed by atoms with Gasteiger partial charge in [-0.1, -0.05) is 290 Å². The highest BCUT2D eigenvalue weighted by atomic mass is 16.9. The molecular formula is C60H116O12. The van der Waals surface area contributed by atoms with Crippen molar-refractivity contribution in [3.8, 4) is 0 Å². The molecule has 0 heterocycles. The highest BCUT2D eigenvalue weighted by Gasteiger charge is 2.67. The van der Waals surface area contributed by atoms with Crippen LogP contribution < -0.4 is 0 Å². The van der Waals surface area contributed by atoms with Crippen molar-refractivity contribution in [1.29, 1.82) is 0 Å². The van der Waals surface area contributed by atoms with Crippen LogP contribution in [0, 0.1) is 0 Å². The van der Waals surface area contributed by atoms with Gasteiger partial charge in [0.15, 0.2) is 6.10 Å². The second-order valence-electron chi connectivity index (χ2n) is 21.5. The fourth-order valence-electron chi connectivity index (χ4n) is 9.59. The lowest BCUT2D eigenvalue weighted by Gasteiger charge is -2.43. The van der Waals surface area contributed by atoms with Crippen molar-refractivity contribution in [1.82, 2.24) is 0 Å². The molecule has 0 aromatic heterocycles. The molecule has 0 aliphatic heterocycles. The van der Waals surface area contributed by atoms with Gasteiger partial charge in [0.2, 0.25) is 0 Å². The molecule has 428 valence electrons. The summed E-state index contributed by atoms with van der Waals surface area (Å²) >= 11 is 0. The Balaban J connectivity index is 5.42. The number of rotatable bonds is 56. The van der Waals surface area contributed by atoms with Crippen LogP contribution in [-0.4, -0.2) is 85.2 Å². The van der Waals surface area contributed by atoms with E-state index in [1.807, 2.05) is 0 Å². The maximum atomic E-state index is 13.4. The molecule has 0 fully saturated rings. The smallest absolute Gasteiger partial charge is 0.419 e. The molecule has 0 aliphatic carbocycles. The van der Waals surface area contributed by atoms with E-state index in [1.54, 1.807) is 0 Å². The molecule has 72 heavy (non-hydrogen) atoms. The molecule has 12 nitrogen and oxygen atoms in total. The Morgan fingerprint density at radius 2 is 0.528 bits per heavy atom. The van der Waals surface area contributed by atoms with Gasteiger partial charge in [0, 0.05) is 19.3 Å². The van der Waals surface area contributed by atoms with E-state index in [4.69, 9.17) is 14.2 Å². The van der Waals surface area contributed by atoms with Crippen molar-refractivity contribution in [3.63, 3.8) is 0 Å². The van der Waals surface area contributed by atoms with Crippen LogP contribution in [0.5, 0.6) is 0 Å². The minimum Gasteiger partial charge on any atom is -0.419 e. The molecule has 0 unspecified atom stereocenters. The molecule has 12 heteroatoms. The molecule has 0 saturated carbocycles. The largest absolute Gasteiger partial charge is 0.446 e. The van der Waals surface area contributed by atoms with E-state index in [0.717, 1.165) is 77.0 Å². The number of carbonyl (C=O) groups is 3. The Hall–Kier alpha value is -1.83. The Morgan fingerprint density at radius 3 is 0.736 bits per heavy atom. The van der Waals surface area contributed by atoms with Crippen LogP contribution in [-0.2, 0) is 28.6 Å². The van der Waals surface area contributed by atoms with E-state index in [1.165, 1.54) is 173 Å². The summed E-state index contributed by atoms with van der Waals surface area (Å²) in [6.45, 7) is 5.62. The number of aliphatic hydroxyl groups excluding tert-OH is 4. The Labute approximate surface area is 441 Å². The summed E-state index contributed by atoms with van der Waals surface area (Å²) in [7, 11) is 0. The zero-order valence-electron chi connectivity index (χ0n) is 47.0. The third-order valence-corrected chi connectivity index (χ3v) is 14.5. The first-order chi connectivity index (χ1) is 34.9. The normalized spacial score (nSPS) is 14.0. The number of esters is 3. The third kappa shape index (κ3) is 38.7. The average Bonchev–Trinajstić information content (AvgIpc) is 3.36. The standard InChI is InChI=1S/C60H116O12/c1-4-7-10-13-16-19-22-25-28-31-34-37-40-43-46-49-54(63)70-59(68,58(67)57(66)53(62)52-61)60(69,71-55(64)50-47-44-41-38-35-32-29-26-23-20-17-14-11-8-5-2)72-56(65)51-48-45-42-39-36-33-30-27-24-21-18-15-12-9-6-3/h53,57-58,61-62,66-69H,4-52H2,1-3H3/t53-,57-,58-,59-/m1/s1.